The van der Waals surface area contributed by atoms with Crippen molar-refractivity contribution in [3.63, 3.8) is 0 Å². The normalized spacial score (nSPS) is 17.5. The molecule has 1 N–H and O–H groups in total. The molecule has 8 nitrogen and oxygen atoms in total. The molecule has 1 aliphatic rings. The first-order chi connectivity index (χ1) is 15.8. The third-order valence-corrected chi connectivity index (χ3v) is 5.78. The van der Waals surface area contributed by atoms with Gasteiger partial charge in [0.1, 0.15) is 17.1 Å². The number of hydrogen-bond acceptors (Lipinski definition) is 5. The van der Waals surface area contributed by atoms with Gasteiger partial charge < -0.3 is 14.6 Å². The van der Waals surface area contributed by atoms with Crippen LogP contribution in [0.15, 0.2) is 54.9 Å². The highest BCUT2D eigenvalue weighted by atomic mass is 19.1. The summed E-state index contributed by atoms with van der Waals surface area (Å²) >= 11 is 0. The van der Waals surface area contributed by atoms with Gasteiger partial charge in [0, 0.05) is 12.2 Å². The number of amides is 2. The molecule has 0 radical (unpaired) electrons. The lowest BCUT2D eigenvalue weighted by Crippen LogP contribution is -2.64. The van der Waals surface area contributed by atoms with E-state index in [0.29, 0.717) is 11.3 Å². The third kappa shape index (κ3) is 3.86. The summed E-state index contributed by atoms with van der Waals surface area (Å²) in [5.41, 5.74) is 0.227. The Bertz CT molecular complexity index is 1240. The molecule has 4 rings (SSSR count). The zero-order chi connectivity index (χ0) is 23.8. The number of nitrogens with one attached hydrogen (secondary N) is 1. The van der Waals surface area contributed by atoms with E-state index in [-0.39, 0.29) is 24.5 Å². The van der Waals surface area contributed by atoms with E-state index < -0.39 is 29.1 Å². The minimum atomic E-state index is -1.38. The molecule has 0 unspecified atom stereocenters. The van der Waals surface area contributed by atoms with Gasteiger partial charge in [-0.3, -0.25) is 14.5 Å². The van der Waals surface area contributed by atoms with Gasteiger partial charge in [0.2, 0.25) is 5.91 Å². The van der Waals surface area contributed by atoms with Crippen LogP contribution in [0.1, 0.15) is 39.0 Å². The van der Waals surface area contributed by atoms with Crippen molar-refractivity contribution in [2.24, 2.45) is 0 Å². The number of fused-ring (bicyclic) bond motifs is 1. The number of hydrogen-bond donors (Lipinski definition) is 1. The Kier molecular flexibility index (Phi) is 5.71. The van der Waals surface area contributed by atoms with Gasteiger partial charge in [0.15, 0.2) is 5.69 Å². The number of aromatic nitrogens is 2. The number of halogens is 1. The summed E-state index contributed by atoms with van der Waals surface area (Å²) in [4.78, 5) is 44.8. The van der Waals surface area contributed by atoms with Crippen molar-refractivity contribution in [3.8, 4) is 0 Å². The standard InChI is InChI=1S/C24H23FN4O4/c1-15-11-17(25)9-10-18(15)29-21(30)20-19(22(31)33-3)27-14-28(20)13-24(29,2)23(32)26-12-16-7-5-4-6-8-16/h4-11,14H,12-13H2,1-3H3,(H,26,32)/t24-/m0/s1. The van der Waals surface area contributed by atoms with E-state index in [1.165, 1.54) is 41.1 Å². The molecule has 0 fully saturated rings. The summed E-state index contributed by atoms with van der Waals surface area (Å²) in [5.74, 6) is -2.23. The smallest absolute Gasteiger partial charge is 0.359 e. The minimum absolute atomic E-state index is 0.0129. The van der Waals surface area contributed by atoms with Gasteiger partial charge in [0.25, 0.3) is 5.91 Å². The zero-order valence-corrected chi connectivity index (χ0v) is 18.5. The highest BCUT2D eigenvalue weighted by molar-refractivity contribution is 6.15. The van der Waals surface area contributed by atoms with Crippen LogP contribution >= 0.6 is 0 Å². The van der Waals surface area contributed by atoms with Crippen LogP contribution in [0.2, 0.25) is 0 Å². The lowest BCUT2D eigenvalue weighted by atomic mass is 9.92. The SMILES string of the molecule is COC(=O)c1ncn2c1C(=O)N(c1ccc(F)cc1C)[C@](C)(C(=O)NCc1ccccc1)C2. The van der Waals surface area contributed by atoms with E-state index >= 15 is 0 Å². The molecule has 1 aliphatic heterocycles. The van der Waals surface area contributed by atoms with Gasteiger partial charge in [-0.15, -0.1) is 0 Å². The van der Waals surface area contributed by atoms with Gasteiger partial charge in [-0.05, 0) is 43.2 Å². The van der Waals surface area contributed by atoms with E-state index in [9.17, 15) is 18.8 Å². The summed E-state index contributed by atoms with van der Waals surface area (Å²) in [6.45, 7) is 3.59. The number of esters is 1. The number of carbonyl (C=O) groups is 3. The first-order valence-electron chi connectivity index (χ1n) is 10.3. The van der Waals surface area contributed by atoms with Crippen LogP contribution in [0.5, 0.6) is 0 Å². The molecule has 33 heavy (non-hydrogen) atoms. The van der Waals surface area contributed by atoms with E-state index in [1.807, 2.05) is 30.3 Å². The molecule has 1 atom stereocenters. The number of imidazole rings is 1. The Balaban J connectivity index is 1.79. The van der Waals surface area contributed by atoms with E-state index in [4.69, 9.17) is 4.74 Å². The highest BCUT2D eigenvalue weighted by Crippen LogP contribution is 2.35. The predicted octanol–water partition coefficient (Wildman–Crippen LogP) is 2.85. The third-order valence-electron chi connectivity index (χ3n) is 5.78. The number of methoxy groups -OCH3 is 1. The Hall–Kier alpha value is -4.01. The molecule has 0 saturated heterocycles. The first-order valence-corrected chi connectivity index (χ1v) is 10.3. The Morgan fingerprint density at radius 2 is 1.94 bits per heavy atom. The summed E-state index contributed by atoms with van der Waals surface area (Å²) in [5, 5.41) is 2.90. The van der Waals surface area contributed by atoms with Crippen molar-refractivity contribution >= 4 is 23.5 Å². The Morgan fingerprint density at radius 1 is 1.21 bits per heavy atom. The van der Waals surface area contributed by atoms with Crippen LogP contribution in [0, 0.1) is 12.7 Å². The second-order valence-corrected chi connectivity index (χ2v) is 8.07. The minimum Gasteiger partial charge on any atom is -0.464 e. The van der Waals surface area contributed by atoms with Crippen LogP contribution in [0.25, 0.3) is 0 Å². The van der Waals surface area contributed by atoms with E-state index in [1.54, 1.807) is 13.8 Å². The van der Waals surface area contributed by atoms with Crippen LogP contribution in [-0.2, 0) is 22.6 Å². The molecule has 170 valence electrons. The molecular formula is C24H23FN4O4. The van der Waals surface area contributed by atoms with Gasteiger partial charge in [-0.2, -0.15) is 0 Å². The van der Waals surface area contributed by atoms with Crippen molar-refractivity contribution in [3.05, 3.63) is 83.2 Å². The number of aryl methyl sites for hydroxylation is 1. The van der Waals surface area contributed by atoms with E-state index in [2.05, 4.69) is 10.3 Å². The lowest BCUT2D eigenvalue weighted by Gasteiger charge is -2.44. The monoisotopic (exact) mass is 450 g/mol. The fourth-order valence-electron chi connectivity index (χ4n) is 4.09. The zero-order valence-electron chi connectivity index (χ0n) is 18.5. The number of rotatable bonds is 5. The maximum Gasteiger partial charge on any atom is 0.359 e. The molecule has 2 amide bonds. The topological polar surface area (TPSA) is 93.5 Å². The molecule has 0 spiro atoms. The lowest BCUT2D eigenvalue weighted by molar-refractivity contribution is -0.126. The summed E-state index contributed by atoms with van der Waals surface area (Å²) in [6, 6.07) is 13.4. The second-order valence-electron chi connectivity index (χ2n) is 8.07. The molecule has 1 aromatic heterocycles. The van der Waals surface area contributed by atoms with Crippen LogP contribution in [-0.4, -0.2) is 40.0 Å². The molecule has 2 aromatic carbocycles. The second kappa shape index (κ2) is 8.50. The molecule has 9 heteroatoms. The molecular weight excluding hydrogens is 427 g/mol. The molecule has 3 aromatic rings. The Labute approximate surface area is 190 Å². The van der Waals surface area contributed by atoms with Gasteiger partial charge in [-0.1, -0.05) is 30.3 Å². The fourth-order valence-corrected chi connectivity index (χ4v) is 4.09. The number of benzene rings is 2. The average Bonchev–Trinajstić information content (AvgIpc) is 3.22. The maximum atomic E-state index is 13.8. The van der Waals surface area contributed by atoms with Gasteiger partial charge in [0.05, 0.1) is 20.0 Å². The van der Waals surface area contributed by atoms with Crippen LogP contribution in [0.4, 0.5) is 10.1 Å². The van der Waals surface area contributed by atoms with Crippen molar-refractivity contribution < 1.29 is 23.5 Å². The van der Waals surface area contributed by atoms with Gasteiger partial charge in [-0.25, -0.2) is 14.2 Å². The molecule has 0 bridgehead atoms. The molecule has 0 aliphatic carbocycles. The quantitative estimate of drug-likeness (QED) is 0.604. The number of nitrogens with zero attached hydrogens (tertiary/aromatic N) is 3. The predicted molar refractivity (Wildman–Crippen MR) is 118 cm³/mol. The van der Waals surface area contributed by atoms with Crippen molar-refractivity contribution in [1.82, 2.24) is 14.9 Å². The maximum absolute atomic E-state index is 13.8. The average molecular weight is 450 g/mol. The number of ether oxygens (including phenoxy) is 1. The molecule has 2 heterocycles. The first kappa shape index (κ1) is 22.2. The summed E-state index contributed by atoms with van der Waals surface area (Å²) < 4.78 is 20.1. The van der Waals surface area contributed by atoms with Crippen molar-refractivity contribution in [1.29, 1.82) is 0 Å². The van der Waals surface area contributed by atoms with Crippen LogP contribution < -0.4 is 10.2 Å². The summed E-state index contributed by atoms with van der Waals surface area (Å²) in [6.07, 6.45) is 1.34. The summed E-state index contributed by atoms with van der Waals surface area (Å²) in [7, 11) is 1.20. The fraction of sp³-hybridized carbons (Fsp3) is 0.250. The van der Waals surface area contributed by atoms with Crippen molar-refractivity contribution in [2.45, 2.75) is 32.5 Å². The Morgan fingerprint density at radius 3 is 2.61 bits per heavy atom. The molecule has 0 saturated carbocycles. The van der Waals surface area contributed by atoms with E-state index in [0.717, 1.165) is 5.56 Å². The largest absolute Gasteiger partial charge is 0.464 e. The van der Waals surface area contributed by atoms with Gasteiger partial charge >= 0.3 is 5.97 Å². The highest BCUT2D eigenvalue weighted by Gasteiger charge is 2.50. The van der Waals surface area contributed by atoms with Crippen molar-refractivity contribution in [2.75, 3.05) is 12.0 Å². The van der Waals surface area contributed by atoms with Crippen LogP contribution in [0.3, 0.4) is 0 Å². The number of carbonyl (C=O) groups excluding carboxylic acids is 3. The number of anilines is 1.